The van der Waals surface area contributed by atoms with E-state index in [4.69, 9.17) is 5.11 Å². The Morgan fingerprint density at radius 1 is 1.67 bits per heavy atom. The fourth-order valence-corrected chi connectivity index (χ4v) is 0.499. The molecule has 9 heavy (non-hydrogen) atoms. The third kappa shape index (κ3) is 3.08. The number of carbonyl (C=O) groups is 1. The minimum absolute atomic E-state index is 0.167. The van der Waals surface area contributed by atoms with Crippen LogP contribution in [0.4, 0.5) is 0 Å². The highest BCUT2D eigenvalue weighted by Gasteiger charge is 2.20. The molecule has 0 amide bonds. The van der Waals surface area contributed by atoms with Crippen LogP contribution in [0, 0.1) is 0 Å². The predicted molar refractivity (Wildman–Crippen MR) is 32.9 cm³/mol. The first-order valence-corrected chi connectivity index (χ1v) is 3.13. The first-order valence-electron chi connectivity index (χ1n) is 3.13. The van der Waals surface area contributed by atoms with E-state index in [2.05, 4.69) is 4.74 Å². The highest BCUT2D eigenvalue weighted by Crippen LogP contribution is 2.03. The maximum absolute atomic E-state index is 10.1. The molecule has 54 valence electrons. The summed E-state index contributed by atoms with van der Waals surface area (Å²) in [4.78, 5) is 10.1. The number of aliphatic hydroxyl groups is 1. The SMILES string of the molecule is CC.O=C1CC(O)CO1. The number of aliphatic hydroxyl groups excluding tert-OH is 1. The summed E-state index contributed by atoms with van der Waals surface area (Å²) in [7, 11) is 0. The summed E-state index contributed by atoms with van der Waals surface area (Å²) < 4.78 is 4.38. The topological polar surface area (TPSA) is 46.5 Å². The predicted octanol–water partition coefficient (Wildman–Crippen LogP) is 0.320. The van der Waals surface area contributed by atoms with E-state index >= 15 is 0 Å². The summed E-state index contributed by atoms with van der Waals surface area (Å²) in [5.74, 6) is -0.299. The summed E-state index contributed by atoms with van der Waals surface area (Å²) in [5, 5.41) is 8.55. The Balaban J connectivity index is 0.000000291. The van der Waals surface area contributed by atoms with Gasteiger partial charge < -0.3 is 9.84 Å². The molecular weight excluding hydrogens is 120 g/mol. The second-order valence-electron chi connectivity index (χ2n) is 1.54. The zero-order chi connectivity index (χ0) is 7.28. The molecule has 1 heterocycles. The van der Waals surface area contributed by atoms with E-state index in [1.54, 1.807) is 0 Å². The summed E-state index contributed by atoms with van der Waals surface area (Å²) in [6.45, 7) is 4.18. The molecule has 1 aliphatic rings. The number of carbonyl (C=O) groups excluding carboxylic acids is 1. The van der Waals surface area contributed by atoms with Crippen molar-refractivity contribution in [2.45, 2.75) is 26.4 Å². The van der Waals surface area contributed by atoms with Gasteiger partial charge in [-0.3, -0.25) is 4.79 Å². The molecule has 0 aromatic heterocycles. The van der Waals surface area contributed by atoms with Crippen LogP contribution in [0.3, 0.4) is 0 Å². The first kappa shape index (κ1) is 8.43. The van der Waals surface area contributed by atoms with Crippen molar-refractivity contribution in [3.05, 3.63) is 0 Å². The van der Waals surface area contributed by atoms with Crippen molar-refractivity contribution < 1.29 is 14.6 Å². The fraction of sp³-hybridized carbons (Fsp3) is 0.833. The van der Waals surface area contributed by atoms with Gasteiger partial charge in [0.25, 0.3) is 0 Å². The van der Waals surface area contributed by atoms with Crippen molar-refractivity contribution in [3.63, 3.8) is 0 Å². The average molecular weight is 132 g/mol. The molecule has 1 rings (SSSR count). The van der Waals surface area contributed by atoms with E-state index in [0.717, 1.165) is 0 Å². The quantitative estimate of drug-likeness (QED) is 0.483. The maximum atomic E-state index is 10.1. The van der Waals surface area contributed by atoms with Crippen molar-refractivity contribution in [1.29, 1.82) is 0 Å². The number of rotatable bonds is 0. The molecule has 3 nitrogen and oxygen atoms in total. The molecule has 3 heteroatoms. The third-order valence-corrected chi connectivity index (χ3v) is 0.839. The molecule has 1 unspecified atom stereocenters. The van der Waals surface area contributed by atoms with E-state index in [9.17, 15) is 4.79 Å². The van der Waals surface area contributed by atoms with Crippen molar-refractivity contribution in [2.75, 3.05) is 6.61 Å². The molecule has 1 aliphatic heterocycles. The van der Waals surface area contributed by atoms with Crippen LogP contribution in [0.15, 0.2) is 0 Å². The molecule has 1 saturated heterocycles. The number of hydrogen-bond acceptors (Lipinski definition) is 3. The van der Waals surface area contributed by atoms with E-state index < -0.39 is 6.10 Å². The van der Waals surface area contributed by atoms with Gasteiger partial charge >= 0.3 is 5.97 Å². The average Bonchev–Trinajstić information content (AvgIpc) is 2.20. The van der Waals surface area contributed by atoms with Crippen LogP contribution >= 0.6 is 0 Å². The lowest BCUT2D eigenvalue weighted by atomic mass is 10.3. The Hall–Kier alpha value is -0.570. The van der Waals surface area contributed by atoms with Gasteiger partial charge in [0.15, 0.2) is 0 Å². The molecule has 0 radical (unpaired) electrons. The van der Waals surface area contributed by atoms with Crippen molar-refractivity contribution >= 4 is 5.97 Å². The Labute approximate surface area is 54.6 Å². The Morgan fingerprint density at radius 3 is 2.33 bits per heavy atom. The Bertz CT molecular complexity index is 90.3. The van der Waals surface area contributed by atoms with Gasteiger partial charge in [-0.15, -0.1) is 0 Å². The number of cyclic esters (lactones) is 1. The molecule has 0 aromatic rings. The maximum Gasteiger partial charge on any atom is 0.308 e. The van der Waals surface area contributed by atoms with Gasteiger partial charge in [-0.1, -0.05) is 13.8 Å². The number of esters is 1. The summed E-state index contributed by atoms with van der Waals surface area (Å²) in [6, 6.07) is 0. The monoisotopic (exact) mass is 132 g/mol. The van der Waals surface area contributed by atoms with Gasteiger partial charge in [-0.25, -0.2) is 0 Å². The second kappa shape index (κ2) is 4.32. The minimum Gasteiger partial charge on any atom is -0.463 e. The number of ether oxygens (including phenoxy) is 1. The third-order valence-electron chi connectivity index (χ3n) is 0.839. The standard InChI is InChI=1S/C4H6O3.C2H6/c5-3-1-4(6)7-2-3;1-2/h3,5H,1-2H2;1-2H3. The molecule has 1 fully saturated rings. The minimum atomic E-state index is -0.549. The van der Waals surface area contributed by atoms with E-state index in [-0.39, 0.29) is 19.0 Å². The summed E-state index contributed by atoms with van der Waals surface area (Å²) >= 11 is 0. The van der Waals surface area contributed by atoms with Crippen LogP contribution in [0.1, 0.15) is 20.3 Å². The van der Waals surface area contributed by atoms with Crippen molar-refractivity contribution in [1.82, 2.24) is 0 Å². The zero-order valence-corrected chi connectivity index (χ0v) is 5.76. The van der Waals surface area contributed by atoms with Crippen LogP contribution in [-0.2, 0) is 9.53 Å². The van der Waals surface area contributed by atoms with Crippen LogP contribution in [0.25, 0.3) is 0 Å². The van der Waals surface area contributed by atoms with Gasteiger partial charge in [0.2, 0.25) is 0 Å². The van der Waals surface area contributed by atoms with Crippen LogP contribution < -0.4 is 0 Å². The molecule has 1 atom stereocenters. The largest absolute Gasteiger partial charge is 0.463 e. The van der Waals surface area contributed by atoms with Gasteiger partial charge in [0.05, 0.1) is 12.5 Å². The van der Waals surface area contributed by atoms with Crippen LogP contribution in [0.5, 0.6) is 0 Å². The second-order valence-corrected chi connectivity index (χ2v) is 1.54. The lowest BCUT2D eigenvalue weighted by Crippen LogP contribution is -2.02. The van der Waals surface area contributed by atoms with Crippen LogP contribution in [0.2, 0.25) is 0 Å². The molecule has 0 saturated carbocycles. The van der Waals surface area contributed by atoms with E-state index in [0.29, 0.717) is 0 Å². The van der Waals surface area contributed by atoms with Gasteiger partial charge in [0.1, 0.15) is 6.61 Å². The Morgan fingerprint density at radius 2 is 2.22 bits per heavy atom. The van der Waals surface area contributed by atoms with Crippen molar-refractivity contribution in [3.8, 4) is 0 Å². The lowest BCUT2D eigenvalue weighted by Gasteiger charge is -1.87. The molecule has 0 spiro atoms. The molecule has 1 N–H and O–H groups in total. The van der Waals surface area contributed by atoms with Gasteiger partial charge in [-0.2, -0.15) is 0 Å². The lowest BCUT2D eigenvalue weighted by molar-refractivity contribution is -0.137. The van der Waals surface area contributed by atoms with Gasteiger partial charge in [-0.05, 0) is 0 Å². The summed E-state index contributed by atoms with van der Waals surface area (Å²) in [6.07, 6.45) is -0.382. The molecule has 0 aromatic carbocycles. The first-order chi connectivity index (χ1) is 4.29. The fourth-order valence-electron chi connectivity index (χ4n) is 0.499. The highest BCUT2D eigenvalue weighted by molar-refractivity contribution is 5.71. The molecule has 0 bridgehead atoms. The number of hydrogen-bond donors (Lipinski definition) is 1. The highest BCUT2D eigenvalue weighted by atomic mass is 16.6. The normalized spacial score (nSPS) is 24.3. The molecule has 0 aliphatic carbocycles. The zero-order valence-electron chi connectivity index (χ0n) is 5.76. The smallest absolute Gasteiger partial charge is 0.308 e. The summed E-state index contributed by atoms with van der Waals surface area (Å²) in [5.41, 5.74) is 0. The van der Waals surface area contributed by atoms with E-state index in [1.165, 1.54) is 0 Å². The molecular formula is C6H12O3. The Kier molecular flexibility index (Phi) is 4.05. The van der Waals surface area contributed by atoms with E-state index in [1.807, 2.05) is 13.8 Å². The van der Waals surface area contributed by atoms with Crippen molar-refractivity contribution in [2.24, 2.45) is 0 Å². The van der Waals surface area contributed by atoms with Crippen LogP contribution in [-0.4, -0.2) is 23.8 Å². The van der Waals surface area contributed by atoms with Gasteiger partial charge in [0, 0.05) is 0 Å².